The highest BCUT2D eigenvalue weighted by molar-refractivity contribution is 7.89. The predicted molar refractivity (Wildman–Crippen MR) is 105 cm³/mol. The Labute approximate surface area is 167 Å². The lowest BCUT2D eigenvalue weighted by Gasteiger charge is -2.26. The van der Waals surface area contributed by atoms with Crippen LogP contribution in [0.25, 0.3) is 0 Å². The molecule has 1 N–H and O–H groups in total. The smallest absolute Gasteiger partial charge is 0.271 e. The second kappa shape index (κ2) is 8.26. The van der Waals surface area contributed by atoms with Crippen LogP contribution in [0, 0.1) is 10.1 Å². The van der Waals surface area contributed by atoms with Gasteiger partial charge >= 0.3 is 0 Å². The Balaban J connectivity index is 1.87. The highest BCUT2D eigenvalue weighted by Gasteiger charge is 2.28. The minimum absolute atomic E-state index is 0.0393. The van der Waals surface area contributed by atoms with Crippen LogP contribution in [0.15, 0.2) is 47.4 Å². The van der Waals surface area contributed by atoms with E-state index >= 15 is 0 Å². The maximum atomic E-state index is 12.9. The van der Waals surface area contributed by atoms with Gasteiger partial charge < -0.3 is 5.32 Å². The van der Waals surface area contributed by atoms with Gasteiger partial charge in [0.25, 0.3) is 11.6 Å². The molecule has 1 saturated heterocycles. The molecule has 0 saturated carbocycles. The van der Waals surface area contributed by atoms with Gasteiger partial charge in [0.2, 0.25) is 10.0 Å². The SMILES string of the molecule is O=C(Nc1cccc([N+](=O)[O-])c1)c1ccc(Cl)c(S(=O)(=O)N2CCCCC2)c1. The lowest BCUT2D eigenvalue weighted by Crippen LogP contribution is -2.35. The Morgan fingerprint density at radius 3 is 2.50 bits per heavy atom. The first-order valence-electron chi connectivity index (χ1n) is 8.64. The number of nitrogens with zero attached hydrogens (tertiary/aromatic N) is 2. The molecule has 1 fully saturated rings. The molecule has 3 rings (SSSR count). The number of nitro groups is 1. The average molecular weight is 424 g/mol. The Morgan fingerprint density at radius 1 is 1.11 bits per heavy atom. The van der Waals surface area contributed by atoms with Crippen LogP contribution in [-0.4, -0.2) is 36.6 Å². The zero-order valence-corrected chi connectivity index (χ0v) is 16.4. The van der Waals surface area contributed by atoms with Gasteiger partial charge in [0.05, 0.1) is 9.95 Å². The van der Waals surface area contributed by atoms with Crippen molar-refractivity contribution in [3.8, 4) is 0 Å². The Bertz CT molecular complexity index is 1020. The number of carbonyl (C=O) groups excluding carboxylic acids is 1. The molecule has 1 heterocycles. The second-order valence-electron chi connectivity index (χ2n) is 6.37. The van der Waals surface area contributed by atoms with Crippen LogP contribution in [0.1, 0.15) is 29.6 Å². The van der Waals surface area contributed by atoms with Gasteiger partial charge in [-0.15, -0.1) is 0 Å². The molecule has 0 aliphatic carbocycles. The van der Waals surface area contributed by atoms with Gasteiger partial charge in [-0.3, -0.25) is 14.9 Å². The number of piperidine rings is 1. The number of hydrogen-bond donors (Lipinski definition) is 1. The van der Waals surface area contributed by atoms with E-state index in [9.17, 15) is 23.3 Å². The number of hydrogen-bond acceptors (Lipinski definition) is 5. The predicted octanol–water partition coefficient (Wildman–Crippen LogP) is 3.68. The van der Waals surface area contributed by atoms with Crippen LogP contribution in [0.2, 0.25) is 5.02 Å². The average Bonchev–Trinajstić information content (AvgIpc) is 2.69. The molecule has 2 aromatic carbocycles. The van der Waals surface area contributed by atoms with Gasteiger partial charge in [-0.1, -0.05) is 24.1 Å². The molecule has 10 heteroatoms. The van der Waals surface area contributed by atoms with E-state index in [1.165, 1.54) is 46.8 Å². The summed E-state index contributed by atoms with van der Waals surface area (Å²) >= 11 is 6.11. The Hall–Kier alpha value is -2.49. The molecule has 1 aliphatic heterocycles. The van der Waals surface area contributed by atoms with Crippen molar-refractivity contribution in [3.05, 3.63) is 63.2 Å². The van der Waals surface area contributed by atoms with Crippen molar-refractivity contribution in [1.29, 1.82) is 0 Å². The van der Waals surface area contributed by atoms with E-state index in [0.29, 0.717) is 13.1 Å². The van der Waals surface area contributed by atoms with Crippen molar-refractivity contribution in [1.82, 2.24) is 4.31 Å². The van der Waals surface area contributed by atoms with E-state index < -0.39 is 20.9 Å². The molecule has 2 aromatic rings. The lowest BCUT2D eigenvalue weighted by atomic mass is 10.2. The number of rotatable bonds is 5. The molecule has 8 nitrogen and oxygen atoms in total. The first-order chi connectivity index (χ1) is 13.3. The van der Waals surface area contributed by atoms with Gasteiger partial charge in [-0.25, -0.2) is 8.42 Å². The van der Waals surface area contributed by atoms with Crippen molar-refractivity contribution in [3.63, 3.8) is 0 Å². The first kappa shape index (κ1) is 20.2. The number of halogens is 1. The molecule has 0 spiro atoms. The van der Waals surface area contributed by atoms with Crippen molar-refractivity contribution in [2.75, 3.05) is 18.4 Å². The summed E-state index contributed by atoms with van der Waals surface area (Å²) in [6.07, 6.45) is 2.54. The summed E-state index contributed by atoms with van der Waals surface area (Å²) in [4.78, 5) is 22.7. The molecule has 28 heavy (non-hydrogen) atoms. The number of carbonyl (C=O) groups is 1. The van der Waals surface area contributed by atoms with E-state index in [-0.39, 0.29) is 26.9 Å². The molecule has 0 radical (unpaired) electrons. The molecule has 0 atom stereocenters. The number of non-ortho nitro benzene ring substituents is 1. The molecule has 0 unspecified atom stereocenters. The summed E-state index contributed by atoms with van der Waals surface area (Å²) in [7, 11) is -3.81. The van der Waals surface area contributed by atoms with E-state index in [1.807, 2.05) is 0 Å². The maximum absolute atomic E-state index is 12.9. The molecule has 1 aliphatic rings. The minimum atomic E-state index is -3.81. The highest BCUT2D eigenvalue weighted by Crippen LogP contribution is 2.28. The topological polar surface area (TPSA) is 110 Å². The minimum Gasteiger partial charge on any atom is -0.322 e. The van der Waals surface area contributed by atoms with Crippen molar-refractivity contribution < 1.29 is 18.1 Å². The molecular weight excluding hydrogens is 406 g/mol. The molecular formula is C18H18ClN3O5S. The number of sulfonamides is 1. The maximum Gasteiger partial charge on any atom is 0.271 e. The van der Waals surface area contributed by atoms with Gasteiger partial charge in [0, 0.05) is 36.5 Å². The zero-order chi connectivity index (χ0) is 20.3. The third kappa shape index (κ3) is 4.32. The quantitative estimate of drug-likeness (QED) is 0.582. The third-order valence-corrected chi connectivity index (χ3v) is 6.82. The van der Waals surface area contributed by atoms with E-state index in [0.717, 1.165) is 19.3 Å². The summed E-state index contributed by atoms with van der Waals surface area (Å²) in [5.74, 6) is -0.591. The van der Waals surface area contributed by atoms with Gasteiger partial charge in [0.1, 0.15) is 4.90 Å². The largest absolute Gasteiger partial charge is 0.322 e. The molecule has 0 bridgehead atoms. The van der Waals surface area contributed by atoms with Gasteiger partial charge in [-0.2, -0.15) is 4.31 Å². The van der Waals surface area contributed by atoms with Crippen LogP contribution in [0.3, 0.4) is 0 Å². The molecule has 1 amide bonds. The van der Waals surface area contributed by atoms with E-state index in [4.69, 9.17) is 11.6 Å². The molecule has 148 valence electrons. The summed E-state index contributed by atoms with van der Waals surface area (Å²) in [5.41, 5.74) is 0.156. The van der Waals surface area contributed by atoms with E-state index in [1.54, 1.807) is 0 Å². The summed E-state index contributed by atoms with van der Waals surface area (Å²) in [6, 6.07) is 9.48. The fourth-order valence-electron chi connectivity index (χ4n) is 2.99. The fourth-order valence-corrected chi connectivity index (χ4v) is 5.00. The number of benzene rings is 2. The van der Waals surface area contributed by atoms with Crippen LogP contribution in [-0.2, 0) is 10.0 Å². The Kier molecular flexibility index (Phi) is 5.97. The summed E-state index contributed by atoms with van der Waals surface area (Å²) < 4.78 is 27.2. The summed E-state index contributed by atoms with van der Waals surface area (Å²) in [6.45, 7) is 0.839. The fraction of sp³-hybridized carbons (Fsp3) is 0.278. The van der Waals surface area contributed by atoms with E-state index in [2.05, 4.69) is 5.32 Å². The van der Waals surface area contributed by atoms with Crippen LogP contribution >= 0.6 is 11.6 Å². The number of nitro benzene ring substituents is 1. The highest BCUT2D eigenvalue weighted by atomic mass is 35.5. The summed E-state index contributed by atoms with van der Waals surface area (Å²) in [5, 5.41) is 13.4. The van der Waals surface area contributed by atoms with Crippen molar-refractivity contribution in [2.24, 2.45) is 0 Å². The van der Waals surface area contributed by atoms with Crippen LogP contribution < -0.4 is 5.32 Å². The van der Waals surface area contributed by atoms with Gasteiger partial charge in [0.15, 0.2) is 0 Å². The monoisotopic (exact) mass is 423 g/mol. The first-order valence-corrected chi connectivity index (χ1v) is 10.5. The number of anilines is 1. The zero-order valence-electron chi connectivity index (χ0n) is 14.8. The van der Waals surface area contributed by atoms with Crippen molar-refractivity contribution in [2.45, 2.75) is 24.2 Å². The van der Waals surface area contributed by atoms with Crippen LogP contribution in [0.5, 0.6) is 0 Å². The van der Waals surface area contributed by atoms with Crippen LogP contribution in [0.4, 0.5) is 11.4 Å². The molecule has 0 aromatic heterocycles. The number of amides is 1. The Morgan fingerprint density at radius 2 is 1.82 bits per heavy atom. The lowest BCUT2D eigenvalue weighted by molar-refractivity contribution is -0.384. The number of nitrogens with one attached hydrogen (secondary N) is 1. The van der Waals surface area contributed by atoms with Gasteiger partial charge in [-0.05, 0) is 37.1 Å². The second-order valence-corrected chi connectivity index (χ2v) is 8.69. The third-order valence-electron chi connectivity index (χ3n) is 4.44. The normalized spacial score (nSPS) is 15.2. The standard InChI is InChI=1S/C18H18ClN3O5S/c19-16-8-7-13(11-17(16)28(26,27)21-9-2-1-3-10-21)18(23)20-14-5-4-6-15(12-14)22(24)25/h4-8,11-12H,1-3,9-10H2,(H,20,23). The van der Waals surface area contributed by atoms with Crippen molar-refractivity contribution >= 4 is 38.9 Å².